The molecule has 0 bridgehead atoms. The number of benzene rings is 1. The van der Waals surface area contributed by atoms with Gasteiger partial charge in [-0.2, -0.15) is 0 Å². The number of rotatable bonds is 3. The number of hydrogen-bond acceptors (Lipinski definition) is 3. The molecule has 2 rings (SSSR count). The van der Waals surface area contributed by atoms with Crippen molar-refractivity contribution in [3.63, 3.8) is 0 Å². The minimum absolute atomic E-state index is 0.0790. The fraction of sp³-hybridized carbons (Fsp3) is 0.462. The molecule has 0 aromatic heterocycles. The summed E-state index contributed by atoms with van der Waals surface area (Å²) in [5, 5.41) is 1.30. The van der Waals surface area contributed by atoms with Crippen molar-refractivity contribution in [2.24, 2.45) is 0 Å². The predicted octanol–water partition coefficient (Wildman–Crippen LogP) is 2.15. The first-order chi connectivity index (χ1) is 8.68. The number of para-hydroxylation sites is 1. The third kappa shape index (κ3) is 2.98. The van der Waals surface area contributed by atoms with Gasteiger partial charge >= 0.3 is 0 Å². The molecule has 98 valence electrons. The molecule has 1 aliphatic heterocycles. The van der Waals surface area contributed by atoms with E-state index < -0.39 is 11.9 Å². The summed E-state index contributed by atoms with van der Waals surface area (Å²) in [5.41, 5.74) is 0. The first kappa shape index (κ1) is 12.8. The van der Waals surface area contributed by atoms with E-state index in [4.69, 9.17) is 9.57 Å². The Bertz CT molecular complexity index is 418. The first-order valence-corrected chi connectivity index (χ1v) is 6.04. The van der Waals surface area contributed by atoms with Gasteiger partial charge in [-0.1, -0.05) is 12.1 Å². The molecule has 0 spiro atoms. The van der Waals surface area contributed by atoms with Crippen LogP contribution in [0.5, 0.6) is 5.75 Å². The maximum absolute atomic E-state index is 13.4. The summed E-state index contributed by atoms with van der Waals surface area (Å²) in [5.74, 6) is -0.676. The molecular weight excluding hydrogens is 237 g/mol. The Labute approximate surface area is 105 Å². The van der Waals surface area contributed by atoms with Crippen LogP contribution in [0, 0.1) is 5.82 Å². The topological polar surface area (TPSA) is 38.8 Å². The number of carbonyl (C=O) groups excluding carboxylic acids is 1. The highest BCUT2D eigenvalue weighted by Crippen LogP contribution is 2.18. The average Bonchev–Trinajstić information content (AvgIpc) is 2.41. The first-order valence-electron chi connectivity index (χ1n) is 6.04. The van der Waals surface area contributed by atoms with Crippen molar-refractivity contribution in [3.8, 4) is 5.75 Å². The summed E-state index contributed by atoms with van der Waals surface area (Å²) in [6.07, 6.45) is 1.10. The Morgan fingerprint density at radius 3 is 2.89 bits per heavy atom. The van der Waals surface area contributed by atoms with E-state index >= 15 is 0 Å². The fourth-order valence-electron chi connectivity index (χ4n) is 1.75. The Balaban J connectivity index is 1.96. The van der Waals surface area contributed by atoms with Gasteiger partial charge in [0.25, 0.3) is 5.91 Å². The van der Waals surface area contributed by atoms with E-state index in [1.54, 1.807) is 19.1 Å². The Hall–Kier alpha value is -1.62. The van der Waals surface area contributed by atoms with E-state index in [-0.39, 0.29) is 11.7 Å². The number of hydrogen-bond donors (Lipinski definition) is 0. The lowest BCUT2D eigenvalue weighted by molar-refractivity contribution is -0.203. The van der Waals surface area contributed by atoms with Crippen molar-refractivity contribution in [1.29, 1.82) is 0 Å². The van der Waals surface area contributed by atoms with Crippen molar-refractivity contribution < 1.29 is 18.8 Å². The second kappa shape index (κ2) is 5.82. The molecule has 1 unspecified atom stereocenters. The van der Waals surface area contributed by atoms with Crippen LogP contribution in [0.15, 0.2) is 24.3 Å². The van der Waals surface area contributed by atoms with Gasteiger partial charge in [0.15, 0.2) is 17.7 Å². The third-order valence-corrected chi connectivity index (χ3v) is 2.74. The summed E-state index contributed by atoms with van der Waals surface area (Å²) < 4.78 is 18.7. The average molecular weight is 253 g/mol. The smallest absolute Gasteiger partial charge is 0.286 e. The second-order valence-corrected chi connectivity index (χ2v) is 4.17. The van der Waals surface area contributed by atoms with Gasteiger partial charge in [0.2, 0.25) is 0 Å². The quantitative estimate of drug-likeness (QED) is 0.828. The highest BCUT2D eigenvalue weighted by molar-refractivity contribution is 5.80. The summed E-state index contributed by atoms with van der Waals surface area (Å²) >= 11 is 0. The largest absolute Gasteiger partial charge is 0.478 e. The van der Waals surface area contributed by atoms with Crippen LogP contribution in [-0.2, 0) is 9.63 Å². The van der Waals surface area contributed by atoms with Crippen LogP contribution in [-0.4, -0.2) is 30.2 Å². The Morgan fingerprint density at radius 2 is 2.22 bits per heavy atom. The molecule has 0 radical (unpaired) electrons. The van der Waals surface area contributed by atoms with Crippen molar-refractivity contribution >= 4 is 5.91 Å². The summed E-state index contributed by atoms with van der Waals surface area (Å²) in [7, 11) is 0. The third-order valence-electron chi connectivity index (χ3n) is 2.74. The van der Waals surface area contributed by atoms with Crippen molar-refractivity contribution in [2.75, 3.05) is 13.2 Å². The van der Waals surface area contributed by atoms with Gasteiger partial charge < -0.3 is 4.74 Å². The molecule has 1 aromatic carbocycles. The SMILES string of the molecule is CC(Oc1ccccc1F)C(=O)N1CCCCO1. The van der Waals surface area contributed by atoms with E-state index in [9.17, 15) is 9.18 Å². The van der Waals surface area contributed by atoms with Crippen molar-refractivity contribution in [2.45, 2.75) is 25.9 Å². The molecule has 5 heteroatoms. The number of ether oxygens (including phenoxy) is 1. The summed E-state index contributed by atoms with van der Waals surface area (Å²) in [6, 6.07) is 6.02. The van der Waals surface area contributed by atoms with Crippen LogP contribution < -0.4 is 4.74 Å². The van der Waals surface area contributed by atoms with Crippen LogP contribution in [0.3, 0.4) is 0 Å². The van der Waals surface area contributed by atoms with E-state index in [1.807, 2.05) is 0 Å². The lowest BCUT2D eigenvalue weighted by Crippen LogP contribution is -2.43. The van der Waals surface area contributed by atoms with Gasteiger partial charge in [-0.05, 0) is 31.9 Å². The summed E-state index contributed by atoms with van der Waals surface area (Å²) in [6.45, 7) is 2.69. The molecule has 1 atom stereocenters. The Morgan fingerprint density at radius 1 is 1.44 bits per heavy atom. The number of carbonyl (C=O) groups is 1. The van der Waals surface area contributed by atoms with E-state index in [2.05, 4.69) is 0 Å². The van der Waals surface area contributed by atoms with E-state index in [1.165, 1.54) is 17.2 Å². The minimum atomic E-state index is -0.764. The van der Waals surface area contributed by atoms with Gasteiger partial charge in [-0.3, -0.25) is 9.63 Å². The molecule has 1 aromatic rings. The van der Waals surface area contributed by atoms with Gasteiger partial charge in [0.05, 0.1) is 6.61 Å². The van der Waals surface area contributed by atoms with Gasteiger partial charge in [0, 0.05) is 6.54 Å². The minimum Gasteiger partial charge on any atom is -0.478 e. The molecule has 1 heterocycles. The lowest BCUT2D eigenvalue weighted by Gasteiger charge is -2.28. The van der Waals surface area contributed by atoms with Crippen LogP contribution in [0.25, 0.3) is 0 Å². The molecule has 0 N–H and O–H groups in total. The van der Waals surface area contributed by atoms with Crippen LogP contribution in [0.4, 0.5) is 4.39 Å². The second-order valence-electron chi connectivity index (χ2n) is 4.17. The van der Waals surface area contributed by atoms with Crippen LogP contribution in [0.1, 0.15) is 19.8 Å². The maximum Gasteiger partial charge on any atom is 0.286 e. The Kier molecular flexibility index (Phi) is 4.15. The van der Waals surface area contributed by atoms with E-state index in [0.717, 1.165) is 12.8 Å². The highest BCUT2D eigenvalue weighted by Gasteiger charge is 2.25. The van der Waals surface area contributed by atoms with Crippen LogP contribution in [0.2, 0.25) is 0 Å². The molecule has 1 fully saturated rings. The monoisotopic (exact) mass is 253 g/mol. The molecular formula is C13H16FNO3. The molecule has 18 heavy (non-hydrogen) atoms. The number of hydroxylamine groups is 2. The van der Waals surface area contributed by atoms with Crippen molar-refractivity contribution in [3.05, 3.63) is 30.1 Å². The highest BCUT2D eigenvalue weighted by atomic mass is 19.1. The molecule has 0 saturated carbocycles. The van der Waals surface area contributed by atoms with E-state index in [0.29, 0.717) is 13.2 Å². The fourth-order valence-corrected chi connectivity index (χ4v) is 1.75. The number of halogens is 1. The zero-order valence-electron chi connectivity index (χ0n) is 10.3. The van der Waals surface area contributed by atoms with Crippen LogP contribution >= 0.6 is 0 Å². The molecule has 4 nitrogen and oxygen atoms in total. The van der Waals surface area contributed by atoms with Gasteiger partial charge in [-0.25, -0.2) is 9.45 Å². The van der Waals surface area contributed by atoms with Crippen molar-refractivity contribution in [1.82, 2.24) is 5.06 Å². The lowest BCUT2D eigenvalue weighted by atomic mass is 10.2. The zero-order valence-corrected chi connectivity index (χ0v) is 10.3. The van der Waals surface area contributed by atoms with Gasteiger partial charge in [0.1, 0.15) is 0 Å². The van der Waals surface area contributed by atoms with Gasteiger partial charge in [-0.15, -0.1) is 0 Å². The number of nitrogens with zero attached hydrogens (tertiary/aromatic N) is 1. The predicted molar refractivity (Wildman–Crippen MR) is 63.4 cm³/mol. The summed E-state index contributed by atoms with van der Waals surface area (Å²) in [4.78, 5) is 17.2. The molecule has 0 aliphatic carbocycles. The molecule has 1 amide bonds. The maximum atomic E-state index is 13.4. The molecule has 1 saturated heterocycles. The number of amides is 1. The standard InChI is InChI=1S/C13H16FNO3/c1-10(13(16)15-8-4-5-9-17-15)18-12-7-3-2-6-11(12)14/h2-3,6-7,10H,4-5,8-9H2,1H3. The molecule has 1 aliphatic rings. The zero-order chi connectivity index (χ0) is 13.0. The normalized spacial score (nSPS) is 17.3.